The molecule has 0 bridgehead atoms. The minimum atomic E-state index is -4.73. The number of nitrogens with one attached hydrogen (secondary N) is 2. The number of benzene rings is 2. The van der Waals surface area contributed by atoms with E-state index >= 15 is 0 Å². The molecular formula is C19H18F3N3O3. The predicted octanol–water partition coefficient (Wildman–Crippen LogP) is 4.62. The number of ether oxygens (including phenoxy) is 2. The van der Waals surface area contributed by atoms with Crippen LogP contribution in [0.25, 0.3) is 11.0 Å². The van der Waals surface area contributed by atoms with E-state index in [4.69, 9.17) is 0 Å². The highest BCUT2D eigenvalue weighted by Gasteiger charge is 2.30. The molecule has 0 aliphatic rings. The Bertz CT molecular complexity index is 982. The predicted molar refractivity (Wildman–Crippen MR) is 97.6 cm³/mol. The average molecular weight is 393 g/mol. The van der Waals surface area contributed by atoms with Crippen LogP contribution in [0.4, 0.5) is 24.8 Å². The molecule has 0 saturated heterocycles. The van der Waals surface area contributed by atoms with Crippen LogP contribution in [0, 0.1) is 6.92 Å². The fourth-order valence-electron chi connectivity index (χ4n) is 2.75. The third-order valence-corrected chi connectivity index (χ3v) is 4.12. The third kappa shape index (κ3) is 4.93. The van der Waals surface area contributed by atoms with Gasteiger partial charge in [0.1, 0.15) is 5.75 Å². The lowest BCUT2D eigenvalue weighted by Gasteiger charge is -2.09. The van der Waals surface area contributed by atoms with Crippen molar-refractivity contribution in [3.05, 3.63) is 47.5 Å². The summed E-state index contributed by atoms with van der Waals surface area (Å²) in [7, 11) is 1.35. The zero-order valence-corrected chi connectivity index (χ0v) is 15.2. The summed E-state index contributed by atoms with van der Waals surface area (Å²) in [5.41, 5.74) is 4.07. The van der Waals surface area contributed by atoms with Crippen LogP contribution in [-0.2, 0) is 16.0 Å². The van der Waals surface area contributed by atoms with Crippen molar-refractivity contribution in [2.45, 2.75) is 26.1 Å². The van der Waals surface area contributed by atoms with Gasteiger partial charge in [0.2, 0.25) is 5.95 Å². The number of rotatable bonds is 6. The molecule has 1 aromatic heterocycles. The van der Waals surface area contributed by atoms with Crippen LogP contribution in [0.2, 0.25) is 0 Å². The molecule has 0 aliphatic carbocycles. The fraction of sp³-hybridized carbons (Fsp3) is 0.263. The summed E-state index contributed by atoms with van der Waals surface area (Å²) in [6, 6.07) is 9.18. The number of halogens is 3. The molecule has 0 saturated carbocycles. The lowest BCUT2D eigenvalue weighted by molar-refractivity contribution is -0.274. The van der Waals surface area contributed by atoms with E-state index in [0.29, 0.717) is 23.6 Å². The molecule has 0 spiro atoms. The Hall–Kier alpha value is -3.23. The molecule has 6 nitrogen and oxygen atoms in total. The van der Waals surface area contributed by atoms with E-state index in [1.165, 1.54) is 31.4 Å². The van der Waals surface area contributed by atoms with E-state index in [1.807, 2.05) is 19.1 Å². The van der Waals surface area contributed by atoms with Crippen molar-refractivity contribution in [1.29, 1.82) is 0 Å². The summed E-state index contributed by atoms with van der Waals surface area (Å²) in [6.45, 7) is 1.94. The summed E-state index contributed by atoms with van der Waals surface area (Å²) in [5.74, 6) is -0.126. The van der Waals surface area contributed by atoms with Gasteiger partial charge < -0.3 is 19.8 Å². The Morgan fingerprint density at radius 1 is 1.21 bits per heavy atom. The Kier molecular flexibility index (Phi) is 5.43. The highest BCUT2D eigenvalue weighted by atomic mass is 19.4. The highest BCUT2D eigenvalue weighted by Crippen LogP contribution is 2.26. The van der Waals surface area contributed by atoms with Crippen molar-refractivity contribution in [2.75, 3.05) is 12.4 Å². The first-order valence-electron chi connectivity index (χ1n) is 8.42. The Morgan fingerprint density at radius 2 is 1.93 bits per heavy atom. The molecule has 28 heavy (non-hydrogen) atoms. The molecule has 0 radical (unpaired) electrons. The van der Waals surface area contributed by atoms with Gasteiger partial charge in [-0.2, -0.15) is 0 Å². The first kappa shape index (κ1) is 19.5. The summed E-state index contributed by atoms with van der Waals surface area (Å²) in [6.07, 6.45) is -3.90. The van der Waals surface area contributed by atoms with E-state index in [2.05, 4.69) is 24.8 Å². The van der Waals surface area contributed by atoms with E-state index < -0.39 is 6.36 Å². The van der Waals surface area contributed by atoms with Crippen LogP contribution in [0.1, 0.15) is 17.5 Å². The number of alkyl halides is 3. The summed E-state index contributed by atoms with van der Waals surface area (Å²) in [4.78, 5) is 18.9. The molecule has 2 aromatic carbocycles. The zero-order chi connectivity index (χ0) is 20.3. The van der Waals surface area contributed by atoms with E-state index in [9.17, 15) is 18.0 Å². The molecule has 0 atom stereocenters. The average Bonchev–Trinajstić information content (AvgIpc) is 3.00. The quantitative estimate of drug-likeness (QED) is 0.598. The van der Waals surface area contributed by atoms with Gasteiger partial charge >= 0.3 is 12.3 Å². The minimum Gasteiger partial charge on any atom is -0.469 e. The number of hydrogen-bond donors (Lipinski definition) is 2. The third-order valence-electron chi connectivity index (χ3n) is 4.12. The smallest absolute Gasteiger partial charge is 0.469 e. The number of aromatic nitrogens is 2. The van der Waals surface area contributed by atoms with Crippen LogP contribution in [0.5, 0.6) is 5.75 Å². The van der Waals surface area contributed by atoms with Gasteiger partial charge in [0.05, 0.1) is 18.1 Å². The van der Waals surface area contributed by atoms with E-state index in [0.717, 1.165) is 16.6 Å². The van der Waals surface area contributed by atoms with Crippen molar-refractivity contribution < 1.29 is 27.4 Å². The van der Waals surface area contributed by atoms with Crippen molar-refractivity contribution in [3.63, 3.8) is 0 Å². The molecule has 3 rings (SSSR count). The Labute approximate surface area is 158 Å². The van der Waals surface area contributed by atoms with Crippen LogP contribution < -0.4 is 10.1 Å². The molecule has 2 N–H and O–H groups in total. The van der Waals surface area contributed by atoms with Gasteiger partial charge in [0, 0.05) is 12.1 Å². The summed E-state index contributed by atoms with van der Waals surface area (Å²) >= 11 is 0. The molecule has 148 valence electrons. The number of imidazole rings is 1. The van der Waals surface area contributed by atoms with Gasteiger partial charge in [-0.3, -0.25) is 4.79 Å². The maximum absolute atomic E-state index is 12.2. The Morgan fingerprint density at radius 3 is 2.57 bits per heavy atom. The molecule has 0 fully saturated rings. The Balaban J connectivity index is 1.74. The second-order valence-corrected chi connectivity index (χ2v) is 6.15. The standard InChI is InChI=1S/C19H18F3N3O3/c1-11-9-15-16(10-12(11)3-8-17(26)27-2)25-18(24-15)23-13-4-6-14(7-5-13)28-19(20,21)22/h4-7,9-10H,3,8H2,1-2H3,(H2,23,24,25). The first-order chi connectivity index (χ1) is 13.2. The second-order valence-electron chi connectivity index (χ2n) is 6.15. The lowest BCUT2D eigenvalue weighted by Crippen LogP contribution is -2.16. The van der Waals surface area contributed by atoms with Crippen molar-refractivity contribution in [3.8, 4) is 5.75 Å². The molecule has 1 heterocycles. The monoisotopic (exact) mass is 393 g/mol. The fourth-order valence-corrected chi connectivity index (χ4v) is 2.75. The van der Waals surface area contributed by atoms with Crippen LogP contribution in [0.15, 0.2) is 36.4 Å². The normalized spacial score (nSPS) is 11.5. The van der Waals surface area contributed by atoms with Gasteiger partial charge in [-0.25, -0.2) is 4.98 Å². The maximum atomic E-state index is 12.2. The SMILES string of the molecule is COC(=O)CCc1cc2nc(Nc3ccc(OC(F)(F)F)cc3)[nH]c2cc1C. The number of fused-ring (bicyclic) bond motifs is 1. The summed E-state index contributed by atoms with van der Waals surface area (Å²) in [5, 5.41) is 3.00. The zero-order valence-electron chi connectivity index (χ0n) is 15.2. The molecule has 9 heteroatoms. The molecular weight excluding hydrogens is 375 g/mol. The minimum absolute atomic E-state index is 0.276. The van der Waals surface area contributed by atoms with Crippen molar-refractivity contribution >= 4 is 28.6 Å². The number of H-pyrrole nitrogens is 1. The van der Waals surface area contributed by atoms with Crippen molar-refractivity contribution in [1.82, 2.24) is 9.97 Å². The first-order valence-corrected chi connectivity index (χ1v) is 8.42. The topological polar surface area (TPSA) is 76.2 Å². The number of anilines is 2. The highest BCUT2D eigenvalue weighted by molar-refractivity contribution is 5.80. The number of carbonyl (C=O) groups excluding carboxylic acids is 1. The molecule has 0 unspecified atom stereocenters. The van der Waals surface area contributed by atoms with Gasteiger partial charge in [-0.15, -0.1) is 13.2 Å². The van der Waals surface area contributed by atoms with E-state index in [-0.39, 0.29) is 18.1 Å². The van der Waals surface area contributed by atoms with Gasteiger partial charge in [-0.1, -0.05) is 0 Å². The van der Waals surface area contributed by atoms with Crippen LogP contribution >= 0.6 is 0 Å². The number of esters is 1. The van der Waals surface area contributed by atoms with Crippen LogP contribution in [-0.4, -0.2) is 29.4 Å². The van der Waals surface area contributed by atoms with Gasteiger partial charge in [0.15, 0.2) is 0 Å². The number of aryl methyl sites for hydroxylation is 2. The van der Waals surface area contributed by atoms with Gasteiger partial charge in [0.25, 0.3) is 0 Å². The largest absolute Gasteiger partial charge is 0.573 e. The van der Waals surface area contributed by atoms with Crippen molar-refractivity contribution in [2.24, 2.45) is 0 Å². The number of nitrogens with zero attached hydrogens (tertiary/aromatic N) is 1. The summed E-state index contributed by atoms with van der Waals surface area (Å²) < 4.78 is 45.1. The molecule has 0 aliphatic heterocycles. The van der Waals surface area contributed by atoms with E-state index in [1.54, 1.807) is 0 Å². The molecule has 0 amide bonds. The lowest BCUT2D eigenvalue weighted by atomic mass is 10.0. The number of carbonyl (C=O) groups is 1. The molecule has 3 aromatic rings. The number of hydrogen-bond acceptors (Lipinski definition) is 5. The maximum Gasteiger partial charge on any atom is 0.573 e. The van der Waals surface area contributed by atoms with Crippen LogP contribution in [0.3, 0.4) is 0 Å². The number of aromatic amines is 1. The van der Waals surface area contributed by atoms with Gasteiger partial charge in [-0.05, 0) is 60.9 Å². The number of methoxy groups -OCH3 is 1. The second kappa shape index (κ2) is 7.79.